The van der Waals surface area contributed by atoms with Gasteiger partial charge in [-0.3, -0.25) is 4.79 Å². The number of alkyl halides is 3. The number of rotatable bonds is 6. The van der Waals surface area contributed by atoms with E-state index < -0.39 is 23.6 Å². The zero-order valence-corrected chi connectivity index (χ0v) is 20.2. The first-order valence-corrected chi connectivity index (χ1v) is 12.9. The van der Waals surface area contributed by atoms with Gasteiger partial charge in [-0.15, -0.1) is 0 Å². The second-order valence-corrected chi connectivity index (χ2v) is 11.0. The minimum absolute atomic E-state index is 0.00107. The van der Waals surface area contributed by atoms with Gasteiger partial charge in [0.25, 0.3) is 0 Å². The fourth-order valence-corrected chi connectivity index (χ4v) is 6.20. The minimum atomic E-state index is -4.45. The summed E-state index contributed by atoms with van der Waals surface area (Å²) in [6.45, 7) is 4.26. The number of hydrogen-bond acceptors (Lipinski definition) is 2. The van der Waals surface area contributed by atoms with Crippen molar-refractivity contribution in [2.24, 2.45) is 35.5 Å². The van der Waals surface area contributed by atoms with Crippen molar-refractivity contribution in [2.75, 3.05) is 0 Å². The van der Waals surface area contributed by atoms with Gasteiger partial charge in [0.05, 0.1) is 17.6 Å². The maximum absolute atomic E-state index is 14.3. The lowest BCUT2D eigenvalue weighted by Gasteiger charge is -2.35. The van der Waals surface area contributed by atoms with Crippen LogP contribution in [0.15, 0.2) is 47.3 Å². The van der Waals surface area contributed by atoms with Gasteiger partial charge in [0.1, 0.15) is 5.76 Å². The fraction of sp³-hybridized carbons (Fsp3) is 0.679. The van der Waals surface area contributed by atoms with Gasteiger partial charge in [0, 0.05) is 11.8 Å². The van der Waals surface area contributed by atoms with E-state index in [0.717, 1.165) is 50.5 Å². The second kappa shape index (κ2) is 10.3. The SMILES string of the molecule is CC1CCC(OC2=C(C(F)(F)F)C3C=C(C(C)CC4CCC(C(=O)O)CC4)C=CC3C=C2)CC1. The molecule has 2 fully saturated rings. The molecule has 188 valence electrons. The number of carboxylic acid groups (broad SMARTS) is 1. The molecule has 0 saturated heterocycles. The van der Waals surface area contributed by atoms with Gasteiger partial charge in [-0.05, 0) is 87.2 Å². The molecule has 0 aromatic heterocycles. The number of fused-ring (bicyclic) bond motifs is 1. The lowest BCUT2D eigenvalue weighted by Crippen LogP contribution is -2.31. The van der Waals surface area contributed by atoms with E-state index >= 15 is 0 Å². The molecule has 4 aliphatic carbocycles. The van der Waals surface area contributed by atoms with Gasteiger partial charge in [0.2, 0.25) is 0 Å². The number of carboxylic acids is 1. The maximum Gasteiger partial charge on any atom is 0.416 e. The van der Waals surface area contributed by atoms with Crippen LogP contribution < -0.4 is 0 Å². The third-order valence-corrected chi connectivity index (χ3v) is 8.38. The number of ether oxygens (including phenoxy) is 1. The largest absolute Gasteiger partial charge is 0.490 e. The first kappa shape index (κ1) is 25.1. The minimum Gasteiger partial charge on any atom is -0.490 e. The highest BCUT2D eigenvalue weighted by atomic mass is 19.4. The predicted octanol–water partition coefficient (Wildman–Crippen LogP) is 7.61. The molecule has 6 heteroatoms. The highest BCUT2D eigenvalue weighted by Crippen LogP contribution is 2.46. The van der Waals surface area contributed by atoms with Crippen molar-refractivity contribution < 1.29 is 27.8 Å². The Bertz CT molecular complexity index is 866. The maximum atomic E-state index is 14.3. The Balaban J connectivity index is 1.48. The van der Waals surface area contributed by atoms with Crippen LogP contribution >= 0.6 is 0 Å². The lowest BCUT2D eigenvalue weighted by molar-refractivity contribution is -0.143. The predicted molar refractivity (Wildman–Crippen MR) is 126 cm³/mol. The molecule has 3 unspecified atom stereocenters. The molecule has 3 atom stereocenters. The molecule has 2 saturated carbocycles. The molecule has 0 aromatic carbocycles. The zero-order valence-electron chi connectivity index (χ0n) is 20.2. The van der Waals surface area contributed by atoms with E-state index in [1.54, 1.807) is 0 Å². The van der Waals surface area contributed by atoms with E-state index in [2.05, 4.69) is 13.8 Å². The van der Waals surface area contributed by atoms with E-state index in [9.17, 15) is 23.1 Å². The van der Waals surface area contributed by atoms with E-state index in [4.69, 9.17) is 4.74 Å². The molecular formula is C28H37F3O3. The lowest BCUT2D eigenvalue weighted by atomic mass is 9.73. The van der Waals surface area contributed by atoms with Crippen LogP contribution in [-0.4, -0.2) is 23.4 Å². The number of allylic oxidation sites excluding steroid dienone is 7. The van der Waals surface area contributed by atoms with Crippen LogP contribution in [0.2, 0.25) is 0 Å². The highest BCUT2D eigenvalue weighted by Gasteiger charge is 2.45. The summed E-state index contributed by atoms with van der Waals surface area (Å²) in [5.74, 6) is -0.864. The van der Waals surface area contributed by atoms with Crippen molar-refractivity contribution in [1.29, 1.82) is 0 Å². The van der Waals surface area contributed by atoms with Crippen molar-refractivity contribution in [2.45, 2.75) is 83.9 Å². The Kier molecular flexibility index (Phi) is 7.63. The van der Waals surface area contributed by atoms with Gasteiger partial charge < -0.3 is 9.84 Å². The van der Waals surface area contributed by atoms with Crippen molar-refractivity contribution in [3.8, 4) is 0 Å². The topological polar surface area (TPSA) is 46.5 Å². The summed E-state index contributed by atoms with van der Waals surface area (Å²) in [5, 5.41) is 9.22. The normalized spacial score (nSPS) is 34.9. The molecule has 4 rings (SSSR count). The molecule has 3 nitrogen and oxygen atoms in total. The average molecular weight is 479 g/mol. The number of hydrogen-bond donors (Lipinski definition) is 1. The van der Waals surface area contributed by atoms with Crippen LogP contribution in [0.1, 0.15) is 71.6 Å². The van der Waals surface area contributed by atoms with Gasteiger partial charge in [-0.1, -0.05) is 38.2 Å². The van der Waals surface area contributed by atoms with Gasteiger partial charge in [-0.25, -0.2) is 0 Å². The first-order chi connectivity index (χ1) is 16.1. The van der Waals surface area contributed by atoms with E-state index in [0.29, 0.717) is 24.7 Å². The van der Waals surface area contributed by atoms with Crippen LogP contribution in [0.5, 0.6) is 0 Å². The fourth-order valence-electron chi connectivity index (χ4n) is 6.20. The molecule has 0 bridgehead atoms. The number of carbonyl (C=O) groups is 1. The van der Waals surface area contributed by atoms with Crippen LogP contribution in [0.4, 0.5) is 13.2 Å². The monoisotopic (exact) mass is 478 g/mol. The molecular weight excluding hydrogens is 441 g/mol. The van der Waals surface area contributed by atoms with Crippen LogP contribution in [0.25, 0.3) is 0 Å². The summed E-state index contributed by atoms with van der Waals surface area (Å²) in [5.41, 5.74) is 0.402. The smallest absolute Gasteiger partial charge is 0.416 e. The van der Waals surface area contributed by atoms with Crippen molar-refractivity contribution >= 4 is 5.97 Å². The van der Waals surface area contributed by atoms with Crippen LogP contribution in [0.3, 0.4) is 0 Å². The van der Waals surface area contributed by atoms with Crippen molar-refractivity contribution in [3.63, 3.8) is 0 Å². The number of halogens is 3. The molecule has 0 radical (unpaired) electrons. The summed E-state index contributed by atoms with van der Waals surface area (Å²) >= 11 is 0. The van der Waals surface area contributed by atoms with Crippen molar-refractivity contribution in [1.82, 2.24) is 0 Å². The molecule has 34 heavy (non-hydrogen) atoms. The van der Waals surface area contributed by atoms with Gasteiger partial charge in [0.15, 0.2) is 0 Å². The summed E-state index contributed by atoms with van der Waals surface area (Å²) in [6, 6.07) is 0. The van der Waals surface area contributed by atoms with Gasteiger partial charge in [-0.2, -0.15) is 13.2 Å². The van der Waals surface area contributed by atoms with E-state index in [-0.39, 0.29) is 29.6 Å². The average Bonchev–Trinajstić information content (AvgIpc) is 2.79. The third-order valence-electron chi connectivity index (χ3n) is 8.38. The second-order valence-electron chi connectivity index (χ2n) is 11.0. The Morgan fingerprint density at radius 1 is 1.06 bits per heavy atom. The zero-order chi connectivity index (χ0) is 24.5. The van der Waals surface area contributed by atoms with Gasteiger partial charge >= 0.3 is 12.1 Å². The summed E-state index contributed by atoms with van der Waals surface area (Å²) in [7, 11) is 0. The molecule has 0 heterocycles. The summed E-state index contributed by atoms with van der Waals surface area (Å²) in [6.07, 6.45) is 12.1. The Morgan fingerprint density at radius 2 is 1.71 bits per heavy atom. The standard InChI is InChI=1S/C28H37F3O3/c1-17-3-12-23(13-4-17)34-25-14-11-20-9-10-22(16-24(20)26(25)28(29,30)31)18(2)15-19-5-7-21(8-6-19)27(32)33/h9-11,14,16-21,23-24H,3-8,12-13,15H2,1-2H3,(H,32,33). The number of aliphatic carboxylic acids is 1. The summed E-state index contributed by atoms with van der Waals surface area (Å²) in [4.78, 5) is 11.2. The van der Waals surface area contributed by atoms with Crippen molar-refractivity contribution in [3.05, 3.63) is 47.3 Å². The molecule has 1 N–H and O–H groups in total. The van der Waals surface area contributed by atoms with Crippen LogP contribution in [-0.2, 0) is 9.53 Å². The Labute approximate surface area is 200 Å². The summed E-state index contributed by atoms with van der Waals surface area (Å²) < 4.78 is 48.9. The quantitative estimate of drug-likeness (QED) is 0.427. The third kappa shape index (κ3) is 5.80. The van der Waals surface area contributed by atoms with E-state index in [1.807, 2.05) is 24.3 Å². The molecule has 4 aliphatic rings. The Hall–Kier alpha value is -1.98. The molecule has 0 aromatic rings. The van der Waals surface area contributed by atoms with E-state index in [1.165, 1.54) is 6.08 Å². The molecule has 0 amide bonds. The highest BCUT2D eigenvalue weighted by molar-refractivity contribution is 5.70. The molecule has 0 aliphatic heterocycles. The first-order valence-electron chi connectivity index (χ1n) is 12.9. The Morgan fingerprint density at radius 3 is 2.32 bits per heavy atom. The molecule has 0 spiro atoms. The van der Waals surface area contributed by atoms with Crippen LogP contribution in [0, 0.1) is 35.5 Å².